The molecule has 0 atom stereocenters. The minimum Gasteiger partial charge on any atom is -0.382 e. The second-order valence-electron chi connectivity index (χ2n) is 3.77. The molecule has 2 N–H and O–H groups in total. The maximum absolute atomic E-state index is 5.82. The number of nitrogens with zero attached hydrogens (tertiary/aromatic N) is 2. The van der Waals surface area contributed by atoms with Gasteiger partial charge in [0.1, 0.15) is 5.82 Å². The molecule has 0 radical (unpaired) electrons. The average Bonchev–Trinajstić information content (AvgIpc) is 2.67. The number of rotatable bonds is 4. The van der Waals surface area contributed by atoms with E-state index >= 15 is 0 Å². The van der Waals surface area contributed by atoms with E-state index in [0.717, 1.165) is 24.4 Å². The van der Waals surface area contributed by atoms with Gasteiger partial charge < -0.3 is 10.3 Å². The van der Waals surface area contributed by atoms with Gasteiger partial charge in [-0.05, 0) is 30.5 Å². The third-order valence-corrected chi connectivity index (χ3v) is 2.70. The predicted molar refractivity (Wildman–Crippen MR) is 73.7 cm³/mol. The molecule has 17 heavy (non-hydrogen) atoms. The van der Waals surface area contributed by atoms with Crippen LogP contribution in [0.15, 0.2) is 36.8 Å². The normalized spacial score (nSPS) is 9.94. The molecule has 1 aromatic heterocycles. The van der Waals surface area contributed by atoms with Crippen LogP contribution in [0.25, 0.3) is 0 Å². The van der Waals surface area contributed by atoms with Crippen molar-refractivity contribution in [1.29, 1.82) is 0 Å². The number of benzene rings is 1. The molecule has 0 fully saturated rings. The smallest absolute Gasteiger partial charge is 0.141 e. The fraction of sp³-hybridized carbons (Fsp3) is 0.250. The van der Waals surface area contributed by atoms with Gasteiger partial charge in [-0.2, -0.15) is 0 Å². The molecule has 0 bridgehead atoms. The number of nitrogens with two attached hydrogens (primary N) is 1. The topological polar surface area (TPSA) is 43.8 Å². The van der Waals surface area contributed by atoms with Crippen molar-refractivity contribution < 1.29 is 0 Å². The molecule has 0 spiro atoms. The lowest BCUT2D eigenvalue weighted by molar-refractivity contribution is 0.642. The van der Waals surface area contributed by atoms with Crippen LogP contribution in [0.1, 0.15) is 12.0 Å². The molecule has 2 rings (SSSR count). The summed E-state index contributed by atoms with van der Waals surface area (Å²) in [7, 11) is 0. The monoisotopic (exact) mass is 271 g/mol. The van der Waals surface area contributed by atoms with Crippen LogP contribution in [-0.2, 0) is 13.0 Å². The van der Waals surface area contributed by atoms with Crippen molar-refractivity contribution in [2.45, 2.75) is 19.4 Å². The van der Waals surface area contributed by atoms with Crippen molar-refractivity contribution in [2.75, 3.05) is 5.73 Å². The van der Waals surface area contributed by atoms with E-state index in [0.29, 0.717) is 5.82 Å². The molecular weight excluding hydrogens is 257 g/mol. The van der Waals surface area contributed by atoms with E-state index in [1.807, 2.05) is 22.9 Å². The van der Waals surface area contributed by atoms with Gasteiger partial charge in [-0.15, -0.1) is 12.4 Å². The van der Waals surface area contributed by atoms with E-state index in [2.05, 4.69) is 17.1 Å². The first kappa shape index (κ1) is 13.9. The van der Waals surface area contributed by atoms with Crippen LogP contribution < -0.4 is 5.73 Å². The molecule has 1 aromatic carbocycles. The van der Waals surface area contributed by atoms with Crippen LogP contribution in [-0.4, -0.2) is 9.55 Å². The first-order valence-corrected chi connectivity index (χ1v) is 5.63. The summed E-state index contributed by atoms with van der Waals surface area (Å²) in [6.07, 6.45) is 5.71. The number of hydrogen-bond acceptors (Lipinski definition) is 2. The van der Waals surface area contributed by atoms with Crippen LogP contribution in [0.5, 0.6) is 0 Å². The van der Waals surface area contributed by atoms with Crippen molar-refractivity contribution in [3.8, 4) is 0 Å². The zero-order chi connectivity index (χ0) is 11.4. The zero-order valence-electron chi connectivity index (χ0n) is 9.34. The highest BCUT2D eigenvalue weighted by Gasteiger charge is 1.96. The lowest BCUT2D eigenvalue weighted by Crippen LogP contribution is -1.96. The van der Waals surface area contributed by atoms with E-state index in [9.17, 15) is 0 Å². The standard InChI is InChI=1S/C12H14ClN3.ClH/c13-11-5-3-10(4-6-11)2-1-7-16-8-12(14)15-9-16;/h3-6,8-9H,1-2,7,14H2;1H. The van der Waals surface area contributed by atoms with Gasteiger partial charge in [0, 0.05) is 17.8 Å². The van der Waals surface area contributed by atoms with Crippen molar-refractivity contribution in [1.82, 2.24) is 9.55 Å². The number of imidazole rings is 1. The Labute approximate surface area is 112 Å². The quantitative estimate of drug-likeness (QED) is 0.929. The summed E-state index contributed by atoms with van der Waals surface area (Å²) in [4.78, 5) is 3.98. The first-order chi connectivity index (χ1) is 7.74. The Morgan fingerprint density at radius 1 is 1.24 bits per heavy atom. The van der Waals surface area contributed by atoms with E-state index in [-0.39, 0.29) is 12.4 Å². The second kappa shape index (κ2) is 6.52. The Kier molecular flexibility index (Phi) is 5.32. The Balaban J connectivity index is 0.00000144. The summed E-state index contributed by atoms with van der Waals surface area (Å²) in [5, 5.41) is 0.783. The lowest BCUT2D eigenvalue weighted by atomic mass is 10.1. The van der Waals surface area contributed by atoms with Crippen molar-refractivity contribution in [3.63, 3.8) is 0 Å². The molecular formula is C12H15Cl2N3. The Morgan fingerprint density at radius 2 is 1.94 bits per heavy atom. The van der Waals surface area contributed by atoms with Crippen LogP contribution in [0.3, 0.4) is 0 Å². The van der Waals surface area contributed by atoms with Gasteiger partial charge in [0.2, 0.25) is 0 Å². The van der Waals surface area contributed by atoms with E-state index in [4.69, 9.17) is 17.3 Å². The third kappa shape index (κ3) is 4.29. The molecule has 0 aliphatic heterocycles. The minimum atomic E-state index is 0. The molecule has 3 nitrogen and oxygen atoms in total. The molecule has 0 aliphatic carbocycles. The van der Waals surface area contributed by atoms with Crippen molar-refractivity contribution in [2.24, 2.45) is 0 Å². The number of hydrogen-bond donors (Lipinski definition) is 1. The molecule has 0 saturated heterocycles. The number of aryl methyl sites for hydroxylation is 2. The molecule has 0 aliphatic rings. The molecule has 1 heterocycles. The van der Waals surface area contributed by atoms with Crippen LogP contribution in [0.2, 0.25) is 5.02 Å². The Bertz CT molecular complexity index is 451. The molecule has 0 saturated carbocycles. The summed E-state index contributed by atoms with van der Waals surface area (Å²) in [5.41, 5.74) is 6.83. The Hall–Kier alpha value is -1.19. The van der Waals surface area contributed by atoms with Gasteiger partial charge in [0.05, 0.1) is 6.33 Å². The highest BCUT2D eigenvalue weighted by atomic mass is 35.5. The van der Waals surface area contributed by atoms with Crippen LogP contribution >= 0.6 is 24.0 Å². The van der Waals surface area contributed by atoms with Gasteiger partial charge in [-0.1, -0.05) is 23.7 Å². The molecule has 0 amide bonds. The number of halogens is 2. The first-order valence-electron chi connectivity index (χ1n) is 5.26. The maximum atomic E-state index is 5.82. The molecule has 2 aromatic rings. The van der Waals surface area contributed by atoms with Gasteiger partial charge in [0.25, 0.3) is 0 Å². The number of nitrogen functional groups attached to an aromatic ring is 1. The lowest BCUT2D eigenvalue weighted by Gasteiger charge is -2.02. The SMILES string of the molecule is Cl.Nc1cn(CCCc2ccc(Cl)cc2)cn1. The van der Waals surface area contributed by atoms with Crippen LogP contribution in [0, 0.1) is 0 Å². The highest BCUT2D eigenvalue weighted by Crippen LogP contribution is 2.11. The number of aromatic nitrogens is 2. The van der Waals surface area contributed by atoms with E-state index < -0.39 is 0 Å². The fourth-order valence-corrected chi connectivity index (χ4v) is 1.74. The van der Waals surface area contributed by atoms with Gasteiger partial charge in [-0.25, -0.2) is 4.98 Å². The number of anilines is 1. The molecule has 5 heteroatoms. The largest absolute Gasteiger partial charge is 0.382 e. The Morgan fingerprint density at radius 3 is 2.53 bits per heavy atom. The van der Waals surface area contributed by atoms with Gasteiger partial charge in [0.15, 0.2) is 0 Å². The molecule has 0 unspecified atom stereocenters. The summed E-state index contributed by atoms with van der Waals surface area (Å²) in [5.74, 6) is 0.575. The third-order valence-electron chi connectivity index (χ3n) is 2.45. The van der Waals surface area contributed by atoms with E-state index in [1.165, 1.54) is 5.56 Å². The maximum Gasteiger partial charge on any atom is 0.141 e. The predicted octanol–water partition coefficient (Wildman–Crippen LogP) is 3.17. The van der Waals surface area contributed by atoms with Gasteiger partial charge in [-0.3, -0.25) is 0 Å². The summed E-state index contributed by atoms with van der Waals surface area (Å²) < 4.78 is 2.01. The van der Waals surface area contributed by atoms with Gasteiger partial charge >= 0.3 is 0 Å². The van der Waals surface area contributed by atoms with E-state index in [1.54, 1.807) is 6.33 Å². The molecule has 92 valence electrons. The van der Waals surface area contributed by atoms with Crippen LogP contribution in [0.4, 0.5) is 5.82 Å². The highest BCUT2D eigenvalue weighted by molar-refractivity contribution is 6.30. The second-order valence-corrected chi connectivity index (χ2v) is 4.20. The summed E-state index contributed by atoms with van der Waals surface area (Å²) in [6.45, 7) is 0.937. The minimum absolute atomic E-state index is 0. The van der Waals surface area contributed by atoms with Crippen molar-refractivity contribution in [3.05, 3.63) is 47.4 Å². The van der Waals surface area contributed by atoms with Crippen molar-refractivity contribution >= 4 is 29.8 Å². The average molecular weight is 272 g/mol. The summed E-state index contributed by atoms with van der Waals surface area (Å²) in [6, 6.07) is 7.97. The zero-order valence-corrected chi connectivity index (χ0v) is 10.9. The summed E-state index contributed by atoms with van der Waals surface area (Å²) >= 11 is 5.82. The fourth-order valence-electron chi connectivity index (χ4n) is 1.62.